The molecule has 5 heteroatoms. The first-order valence-corrected chi connectivity index (χ1v) is 8.76. The van der Waals surface area contributed by atoms with Crippen LogP contribution in [0.25, 0.3) is 0 Å². The zero-order chi connectivity index (χ0) is 16.8. The summed E-state index contributed by atoms with van der Waals surface area (Å²) in [6, 6.07) is 0. The van der Waals surface area contributed by atoms with Crippen molar-refractivity contribution in [2.75, 3.05) is 19.1 Å². The zero-order valence-electron chi connectivity index (χ0n) is 14.3. The van der Waals surface area contributed by atoms with Crippen LogP contribution in [0.4, 0.5) is 0 Å². The van der Waals surface area contributed by atoms with Gasteiger partial charge in [0.2, 0.25) is 0 Å². The van der Waals surface area contributed by atoms with Crippen LogP contribution in [0.2, 0.25) is 0 Å². The summed E-state index contributed by atoms with van der Waals surface area (Å²) in [6.07, 6.45) is 6.69. The lowest BCUT2D eigenvalue weighted by Crippen LogP contribution is -2.19. The Morgan fingerprint density at radius 2 is 1.32 bits per heavy atom. The fourth-order valence-corrected chi connectivity index (χ4v) is 1.92. The maximum Gasteiger partial charge on any atom is 0.306 e. The number of hydrogen-bond acceptors (Lipinski definition) is 4. The minimum absolute atomic E-state index is 0.0556. The summed E-state index contributed by atoms with van der Waals surface area (Å²) in [6.45, 7) is 6.77. The van der Waals surface area contributed by atoms with Gasteiger partial charge in [0.1, 0.15) is 0 Å². The van der Waals surface area contributed by atoms with Crippen LogP contribution < -0.4 is 0 Å². The summed E-state index contributed by atoms with van der Waals surface area (Å²) >= 11 is 5.60. The molecule has 0 atom stereocenters. The number of ether oxygens (including phenoxy) is 2. The van der Waals surface area contributed by atoms with Crippen LogP contribution in [-0.4, -0.2) is 31.0 Å². The molecular weight excluding hydrogens is 304 g/mol. The summed E-state index contributed by atoms with van der Waals surface area (Å²) < 4.78 is 10.2. The number of halogens is 1. The van der Waals surface area contributed by atoms with Gasteiger partial charge in [-0.2, -0.15) is 0 Å². The number of hydrogen-bond donors (Lipinski definition) is 0. The van der Waals surface area contributed by atoms with Gasteiger partial charge in [-0.1, -0.05) is 46.5 Å². The van der Waals surface area contributed by atoms with Crippen molar-refractivity contribution in [1.29, 1.82) is 0 Å². The van der Waals surface area contributed by atoms with Crippen molar-refractivity contribution in [3.63, 3.8) is 0 Å². The highest BCUT2D eigenvalue weighted by molar-refractivity contribution is 6.17. The van der Waals surface area contributed by atoms with E-state index in [-0.39, 0.29) is 30.2 Å². The third kappa shape index (κ3) is 15.6. The third-order valence-electron chi connectivity index (χ3n) is 2.99. The van der Waals surface area contributed by atoms with E-state index in [4.69, 9.17) is 21.1 Å². The van der Waals surface area contributed by atoms with E-state index in [0.29, 0.717) is 13.2 Å². The van der Waals surface area contributed by atoms with Gasteiger partial charge in [-0.25, -0.2) is 0 Å². The molecule has 0 aliphatic heterocycles. The molecule has 0 saturated heterocycles. The minimum Gasteiger partial charge on any atom is -0.466 e. The van der Waals surface area contributed by atoms with Crippen molar-refractivity contribution in [3.8, 4) is 0 Å². The molecule has 130 valence electrons. The zero-order valence-corrected chi connectivity index (χ0v) is 15.0. The van der Waals surface area contributed by atoms with Gasteiger partial charge in [-0.3, -0.25) is 9.59 Å². The van der Waals surface area contributed by atoms with Crippen molar-refractivity contribution in [2.24, 2.45) is 5.41 Å². The van der Waals surface area contributed by atoms with Gasteiger partial charge in [0, 0.05) is 5.88 Å². The molecule has 0 aliphatic carbocycles. The predicted molar refractivity (Wildman–Crippen MR) is 89.0 cm³/mol. The van der Waals surface area contributed by atoms with E-state index in [1.54, 1.807) is 0 Å². The van der Waals surface area contributed by atoms with Crippen molar-refractivity contribution >= 4 is 23.5 Å². The largest absolute Gasteiger partial charge is 0.466 e. The van der Waals surface area contributed by atoms with Crippen LogP contribution in [0.1, 0.15) is 72.1 Å². The molecule has 0 N–H and O–H groups in total. The van der Waals surface area contributed by atoms with E-state index in [1.807, 2.05) is 20.8 Å². The standard InChI is InChI=1S/C17H31ClO4/c1-17(2,3)14-22-16(20)11-10-15(19)21-13-9-7-5-4-6-8-12-18/h4-14H2,1-3H3. The minimum atomic E-state index is -0.342. The monoisotopic (exact) mass is 334 g/mol. The van der Waals surface area contributed by atoms with Gasteiger partial charge >= 0.3 is 11.9 Å². The predicted octanol–water partition coefficient (Wildman–Crippen LogP) is 4.48. The number of alkyl halides is 1. The Labute approximate surface area is 139 Å². The Hall–Kier alpha value is -0.770. The van der Waals surface area contributed by atoms with E-state index >= 15 is 0 Å². The summed E-state index contributed by atoms with van der Waals surface area (Å²) in [7, 11) is 0. The van der Waals surface area contributed by atoms with Crippen LogP contribution >= 0.6 is 11.6 Å². The average molecular weight is 335 g/mol. The van der Waals surface area contributed by atoms with E-state index in [2.05, 4.69) is 0 Å². The van der Waals surface area contributed by atoms with Crippen molar-refractivity contribution in [3.05, 3.63) is 0 Å². The fraction of sp³-hybridized carbons (Fsp3) is 0.882. The Balaban J connectivity index is 3.44. The van der Waals surface area contributed by atoms with Crippen molar-refractivity contribution in [2.45, 2.75) is 72.1 Å². The number of esters is 2. The Morgan fingerprint density at radius 3 is 1.86 bits per heavy atom. The second-order valence-corrected chi connectivity index (χ2v) is 7.13. The Morgan fingerprint density at radius 1 is 0.818 bits per heavy atom. The number of carbonyl (C=O) groups excluding carboxylic acids is 2. The maximum atomic E-state index is 11.5. The van der Waals surface area contributed by atoms with Gasteiger partial charge in [-0.05, 0) is 18.3 Å². The smallest absolute Gasteiger partial charge is 0.306 e. The highest BCUT2D eigenvalue weighted by Crippen LogP contribution is 2.13. The molecule has 0 aromatic carbocycles. The summed E-state index contributed by atoms with van der Waals surface area (Å²) in [5.74, 6) is 0.0662. The van der Waals surface area contributed by atoms with Gasteiger partial charge in [0.25, 0.3) is 0 Å². The van der Waals surface area contributed by atoms with Crippen LogP contribution in [-0.2, 0) is 19.1 Å². The Kier molecular flexibility index (Phi) is 12.3. The second kappa shape index (κ2) is 12.7. The first-order valence-electron chi connectivity index (χ1n) is 8.22. The lowest BCUT2D eigenvalue weighted by Gasteiger charge is -2.17. The van der Waals surface area contributed by atoms with Crippen molar-refractivity contribution < 1.29 is 19.1 Å². The number of rotatable bonds is 12. The third-order valence-corrected chi connectivity index (χ3v) is 3.26. The topological polar surface area (TPSA) is 52.6 Å². The van der Waals surface area contributed by atoms with E-state index < -0.39 is 0 Å². The molecule has 0 spiro atoms. The second-order valence-electron chi connectivity index (χ2n) is 6.75. The van der Waals surface area contributed by atoms with Crippen LogP contribution in [0.15, 0.2) is 0 Å². The molecule has 0 aromatic heterocycles. The molecule has 0 aliphatic rings. The number of carbonyl (C=O) groups is 2. The SMILES string of the molecule is CC(C)(C)COC(=O)CCC(=O)OCCCCCCCCCl. The van der Waals surface area contributed by atoms with Crippen LogP contribution in [0.3, 0.4) is 0 Å². The van der Waals surface area contributed by atoms with E-state index in [9.17, 15) is 9.59 Å². The lowest BCUT2D eigenvalue weighted by atomic mass is 9.99. The van der Waals surface area contributed by atoms with Gasteiger partial charge in [0.15, 0.2) is 0 Å². The van der Waals surface area contributed by atoms with Gasteiger partial charge in [0.05, 0.1) is 26.1 Å². The quantitative estimate of drug-likeness (QED) is 0.300. The molecule has 0 fully saturated rings. The highest BCUT2D eigenvalue weighted by Gasteiger charge is 2.15. The molecule has 0 aromatic rings. The first kappa shape index (κ1) is 21.2. The van der Waals surface area contributed by atoms with Crippen LogP contribution in [0.5, 0.6) is 0 Å². The van der Waals surface area contributed by atoms with Crippen molar-refractivity contribution in [1.82, 2.24) is 0 Å². The summed E-state index contributed by atoms with van der Waals surface area (Å²) in [5, 5.41) is 0. The van der Waals surface area contributed by atoms with E-state index in [0.717, 1.165) is 31.6 Å². The summed E-state index contributed by atoms with van der Waals surface area (Å²) in [4.78, 5) is 22.9. The fourth-order valence-electron chi connectivity index (χ4n) is 1.74. The molecule has 0 heterocycles. The molecule has 0 amide bonds. The van der Waals surface area contributed by atoms with Crippen LogP contribution in [0, 0.1) is 5.41 Å². The lowest BCUT2D eigenvalue weighted by molar-refractivity contribution is -0.151. The van der Waals surface area contributed by atoms with Gasteiger partial charge in [-0.15, -0.1) is 11.6 Å². The highest BCUT2D eigenvalue weighted by atomic mass is 35.5. The number of unbranched alkanes of at least 4 members (excludes halogenated alkanes) is 5. The summed E-state index contributed by atoms with van der Waals surface area (Å²) in [5.41, 5.74) is -0.0556. The molecule has 4 nitrogen and oxygen atoms in total. The van der Waals surface area contributed by atoms with Gasteiger partial charge < -0.3 is 9.47 Å². The molecule has 0 rings (SSSR count). The first-order chi connectivity index (χ1) is 10.3. The molecule has 22 heavy (non-hydrogen) atoms. The molecule has 0 saturated carbocycles. The Bertz CT molecular complexity index is 310. The molecule has 0 radical (unpaired) electrons. The average Bonchev–Trinajstić information content (AvgIpc) is 2.45. The normalized spacial score (nSPS) is 11.3. The maximum absolute atomic E-state index is 11.5. The van der Waals surface area contributed by atoms with E-state index in [1.165, 1.54) is 12.8 Å². The molecular formula is C17H31ClO4. The molecule has 0 unspecified atom stereocenters. The molecule has 0 bridgehead atoms.